The number of unbranched alkanes of at least 4 members (excludes halogenated alkanes) is 1. The van der Waals surface area contributed by atoms with Gasteiger partial charge in [0.15, 0.2) is 0 Å². The van der Waals surface area contributed by atoms with E-state index in [1.165, 1.54) is 11.0 Å². The quantitative estimate of drug-likeness (QED) is 0.294. The number of hydrogen-bond donors (Lipinski definition) is 1. The van der Waals surface area contributed by atoms with Crippen LogP contribution in [0.4, 0.5) is 5.69 Å². The van der Waals surface area contributed by atoms with Gasteiger partial charge in [0.25, 0.3) is 0 Å². The number of sulfonamides is 1. The van der Waals surface area contributed by atoms with E-state index in [1.54, 1.807) is 19.1 Å². The summed E-state index contributed by atoms with van der Waals surface area (Å²) in [6.45, 7) is 3.96. The molecule has 3 rings (SSSR count). The third-order valence-corrected chi connectivity index (χ3v) is 7.78. The van der Waals surface area contributed by atoms with Gasteiger partial charge in [0, 0.05) is 24.5 Å². The molecule has 39 heavy (non-hydrogen) atoms. The fraction of sp³-hybridized carbons (Fsp3) is 0.333. The summed E-state index contributed by atoms with van der Waals surface area (Å²) in [6.07, 6.45) is 3.07. The number of amides is 2. The predicted octanol–water partition coefficient (Wildman–Crippen LogP) is 4.97. The zero-order valence-electron chi connectivity index (χ0n) is 22.6. The van der Waals surface area contributed by atoms with Gasteiger partial charge in [0.05, 0.1) is 11.9 Å². The van der Waals surface area contributed by atoms with Crippen molar-refractivity contribution in [2.75, 3.05) is 23.7 Å². The fourth-order valence-electron chi connectivity index (χ4n) is 4.29. The molecule has 1 N–H and O–H groups in total. The van der Waals surface area contributed by atoms with Gasteiger partial charge in [-0.1, -0.05) is 91.7 Å². The number of anilines is 1. The molecule has 0 aliphatic heterocycles. The highest BCUT2D eigenvalue weighted by Crippen LogP contribution is 2.27. The van der Waals surface area contributed by atoms with Crippen molar-refractivity contribution >= 4 is 39.1 Å². The molecule has 2 amide bonds. The lowest BCUT2D eigenvalue weighted by molar-refractivity contribution is -0.140. The number of nitrogens with zero attached hydrogens (tertiary/aromatic N) is 2. The molecule has 0 heterocycles. The normalized spacial score (nSPS) is 12.0. The van der Waals surface area contributed by atoms with Crippen LogP contribution in [0.3, 0.4) is 0 Å². The monoisotopic (exact) mass is 569 g/mol. The van der Waals surface area contributed by atoms with Crippen molar-refractivity contribution in [3.63, 3.8) is 0 Å². The average molecular weight is 570 g/mol. The number of carbonyl (C=O) groups excluding carboxylic acids is 2. The number of rotatable bonds is 13. The highest BCUT2D eigenvalue weighted by atomic mass is 35.5. The van der Waals surface area contributed by atoms with Gasteiger partial charge in [-0.05, 0) is 42.2 Å². The van der Waals surface area contributed by atoms with E-state index in [0.717, 1.165) is 34.5 Å². The van der Waals surface area contributed by atoms with E-state index >= 15 is 0 Å². The standard InChI is InChI=1S/C30H36ClN3O4S/c1-4-5-18-32-30(36)28(19-24-12-8-6-9-13-24)33(21-25-14-10-7-11-15-25)29(35)22-34(39(3,37)38)27-20-26(31)17-16-23(27)2/h6-17,20,28H,4-5,18-19,21-22H2,1-3H3,(H,32,36)/t28-/m0/s1. The lowest BCUT2D eigenvalue weighted by Gasteiger charge is -2.34. The Hall–Kier alpha value is -3.36. The summed E-state index contributed by atoms with van der Waals surface area (Å²) in [5, 5.41) is 3.33. The van der Waals surface area contributed by atoms with Crippen molar-refractivity contribution in [2.45, 2.75) is 45.7 Å². The van der Waals surface area contributed by atoms with Crippen molar-refractivity contribution in [3.05, 3.63) is 101 Å². The Morgan fingerprint density at radius 3 is 2.15 bits per heavy atom. The van der Waals surface area contributed by atoms with Crippen LogP contribution < -0.4 is 9.62 Å². The molecule has 208 valence electrons. The molecule has 0 spiro atoms. The molecule has 7 nitrogen and oxygen atoms in total. The molecule has 0 radical (unpaired) electrons. The molecule has 1 atom stereocenters. The third kappa shape index (κ3) is 8.83. The first kappa shape index (κ1) is 30.2. The van der Waals surface area contributed by atoms with Gasteiger partial charge in [-0.15, -0.1) is 0 Å². The van der Waals surface area contributed by atoms with Crippen molar-refractivity contribution in [3.8, 4) is 0 Å². The van der Waals surface area contributed by atoms with Crippen molar-refractivity contribution < 1.29 is 18.0 Å². The maximum absolute atomic E-state index is 14.0. The first-order valence-electron chi connectivity index (χ1n) is 13.0. The second-order valence-electron chi connectivity index (χ2n) is 9.56. The van der Waals surface area contributed by atoms with Crippen LogP contribution in [0.5, 0.6) is 0 Å². The minimum atomic E-state index is -3.85. The van der Waals surface area contributed by atoms with Gasteiger partial charge >= 0.3 is 0 Å². The fourth-order valence-corrected chi connectivity index (χ4v) is 5.35. The van der Waals surface area contributed by atoms with Gasteiger partial charge in [-0.3, -0.25) is 13.9 Å². The Labute approximate surface area is 236 Å². The Bertz CT molecular complexity index is 1350. The van der Waals surface area contributed by atoms with Crippen LogP contribution in [-0.2, 0) is 32.6 Å². The van der Waals surface area contributed by atoms with Gasteiger partial charge < -0.3 is 10.2 Å². The van der Waals surface area contributed by atoms with Crippen LogP contribution >= 0.6 is 11.6 Å². The van der Waals surface area contributed by atoms with Gasteiger partial charge in [-0.2, -0.15) is 0 Å². The second kappa shape index (κ2) is 14.1. The minimum absolute atomic E-state index is 0.143. The summed E-state index contributed by atoms with van der Waals surface area (Å²) < 4.78 is 26.9. The van der Waals surface area contributed by atoms with Crippen molar-refractivity contribution in [1.82, 2.24) is 10.2 Å². The minimum Gasteiger partial charge on any atom is -0.354 e. The molecule has 3 aromatic rings. The smallest absolute Gasteiger partial charge is 0.244 e. The number of hydrogen-bond acceptors (Lipinski definition) is 4. The topological polar surface area (TPSA) is 86.8 Å². The Morgan fingerprint density at radius 2 is 1.56 bits per heavy atom. The van der Waals surface area contributed by atoms with E-state index in [9.17, 15) is 18.0 Å². The highest BCUT2D eigenvalue weighted by molar-refractivity contribution is 7.92. The molecule has 0 aromatic heterocycles. The second-order valence-corrected chi connectivity index (χ2v) is 11.9. The van der Waals surface area contributed by atoms with Gasteiger partial charge in [0.2, 0.25) is 21.8 Å². The van der Waals surface area contributed by atoms with Gasteiger partial charge in [0.1, 0.15) is 12.6 Å². The molecule has 0 unspecified atom stereocenters. The molecular formula is C30H36ClN3O4S. The number of carbonyl (C=O) groups is 2. The number of aryl methyl sites for hydroxylation is 1. The van der Waals surface area contributed by atoms with Gasteiger partial charge in [-0.25, -0.2) is 8.42 Å². The summed E-state index contributed by atoms with van der Waals surface area (Å²) in [4.78, 5) is 29.1. The molecule has 0 aliphatic rings. The van der Waals surface area contributed by atoms with Crippen LogP contribution in [-0.4, -0.2) is 50.5 Å². The summed E-state index contributed by atoms with van der Waals surface area (Å²) in [7, 11) is -3.85. The van der Waals surface area contributed by atoms with E-state index in [0.29, 0.717) is 22.8 Å². The number of halogens is 1. The molecule has 9 heteroatoms. The zero-order valence-corrected chi connectivity index (χ0v) is 24.2. The molecule has 0 aliphatic carbocycles. The summed E-state index contributed by atoms with van der Waals surface area (Å²) >= 11 is 6.19. The molecule has 3 aromatic carbocycles. The molecular weight excluding hydrogens is 534 g/mol. The first-order valence-corrected chi connectivity index (χ1v) is 15.2. The van der Waals surface area contributed by atoms with Crippen molar-refractivity contribution in [1.29, 1.82) is 0 Å². The van der Waals surface area contributed by atoms with E-state index in [1.807, 2.05) is 67.6 Å². The molecule has 0 saturated heterocycles. The van der Waals surface area contributed by atoms with E-state index < -0.39 is 28.5 Å². The zero-order chi connectivity index (χ0) is 28.4. The Morgan fingerprint density at radius 1 is 0.949 bits per heavy atom. The number of benzene rings is 3. The number of nitrogens with one attached hydrogen (secondary N) is 1. The maximum Gasteiger partial charge on any atom is 0.244 e. The molecule has 0 fully saturated rings. The summed E-state index contributed by atoms with van der Waals surface area (Å²) in [5.74, 6) is -0.767. The third-order valence-electron chi connectivity index (χ3n) is 6.42. The van der Waals surface area contributed by atoms with E-state index in [-0.39, 0.29) is 18.9 Å². The lowest BCUT2D eigenvalue weighted by atomic mass is 10.0. The van der Waals surface area contributed by atoms with E-state index in [4.69, 9.17) is 11.6 Å². The SMILES string of the molecule is CCCCNC(=O)[C@H](Cc1ccccc1)N(Cc1ccccc1)C(=O)CN(c1cc(Cl)ccc1C)S(C)(=O)=O. The Balaban J connectivity index is 2.04. The van der Waals surface area contributed by atoms with Crippen LogP contribution in [0, 0.1) is 6.92 Å². The van der Waals surface area contributed by atoms with Crippen LogP contribution in [0.2, 0.25) is 5.02 Å². The van der Waals surface area contributed by atoms with Crippen LogP contribution in [0.25, 0.3) is 0 Å². The first-order chi connectivity index (χ1) is 18.6. The highest BCUT2D eigenvalue weighted by Gasteiger charge is 2.33. The van der Waals surface area contributed by atoms with Crippen LogP contribution in [0.15, 0.2) is 78.9 Å². The summed E-state index contributed by atoms with van der Waals surface area (Å²) in [5.41, 5.74) is 2.70. The maximum atomic E-state index is 14.0. The van der Waals surface area contributed by atoms with Crippen LogP contribution in [0.1, 0.15) is 36.5 Å². The van der Waals surface area contributed by atoms with E-state index in [2.05, 4.69) is 5.32 Å². The largest absolute Gasteiger partial charge is 0.354 e. The summed E-state index contributed by atoms with van der Waals surface area (Å²) in [6, 6.07) is 22.9. The molecule has 0 saturated carbocycles. The Kier molecular flexibility index (Phi) is 10.9. The van der Waals surface area contributed by atoms with Crippen molar-refractivity contribution in [2.24, 2.45) is 0 Å². The molecule has 0 bridgehead atoms. The predicted molar refractivity (Wildman–Crippen MR) is 157 cm³/mol. The average Bonchev–Trinajstić information content (AvgIpc) is 2.91. The lowest BCUT2D eigenvalue weighted by Crippen LogP contribution is -2.53.